The van der Waals surface area contributed by atoms with E-state index in [1.807, 2.05) is 0 Å². The lowest BCUT2D eigenvalue weighted by atomic mass is 10.1. The Labute approximate surface area is 106 Å². The van der Waals surface area contributed by atoms with Gasteiger partial charge >= 0.3 is 6.18 Å². The van der Waals surface area contributed by atoms with E-state index in [0.29, 0.717) is 19.1 Å². The minimum Gasteiger partial charge on any atom is -0.300 e. The molecule has 0 aromatic heterocycles. The van der Waals surface area contributed by atoms with Crippen LogP contribution in [0.25, 0.3) is 0 Å². The summed E-state index contributed by atoms with van der Waals surface area (Å²) >= 11 is 0. The Morgan fingerprint density at radius 2 is 2.00 bits per heavy atom. The largest absolute Gasteiger partial charge is 0.405 e. The van der Waals surface area contributed by atoms with E-state index in [0.717, 1.165) is 19.5 Å². The zero-order valence-corrected chi connectivity index (χ0v) is 10.9. The van der Waals surface area contributed by atoms with Crippen molar-refractivity contribution in [2.24, 2.45) is 5.92 Å². The molecule has 1 fully saturated rings. The molecule has 0 aliphatic carbocycles. The third kappa shape index (κ3) is 3.85. The summed E-state index contributed by atoms with van der Waals surface area (Å²) in [5, 5.41) is 8.58. The first kappa shape index (κ1) is 15.3. The number of likely N-dealkylation sites (tertiary alicyclic amines) is 1. The molecule has 1 rings (SSSR count). The van der Waals surface area contributed by atoms with Gasteiger partial charge in [-0.3, -0.25) is 4.90 Å². The van der Waals surface area contributed by atoms with Crippen molar-refractivity contribution in [3.8, 4) is 6.07 Å². The lowest BCUT2D eigenvalue weighted by molar-refractivity contribution is -0.162. The first-order chi connectivity index (χ1) is 8.42. The first-order valence-corrected chi connectivity index (χ1v) is 6.35. The van der Waals surface area contributed by atoms with E-state index in [2.05, 4.69) is 18.7 Å². The van der Waals surface area contributed by atoms with Crippen LogP contribution in [0.1, 0.15) is 20.3 Å². The van der Waals surface area contributed by atoms with Gasteiger partial charge in [0.05, 0.1) is 6.07 Å². The van der Waals surface area contributed by atoms with Crippen LogP contribution in [-0.4, -0.2) is 54.7 Å². The Kier molecular flexibility index (Phi) is 5.42. The van der Waals surface area contributed by atoms with Crippen molar-refractivity contribution in [2.45, 2.75) is 32.5 Å². The third-order valence-corrected chi connectivity index (χ3v) is 3.57. The van der Waals surface area contributed by atoms with Gasteiger partial charge in [0, 0.05) is 19.1 Å². The number of likely N-dealkylation sites (N-methyl/N-ethyl adjacent to an activating group) is 1. The second-order valence-corrected chi connectivity index (χ2v) is 4.65. The molecule has 104 valence electrons. The van der Waals surface area contributed by atoms with Crippen molar-refractivity contribution in [1.82, 2.24) is 9.80 Å². The van der Waals surface area contributed by atoms with Gasteiger partial charge in [0.15, 0.2) is 5.92 Å². The second kappa shape index (κ2) is 6.39. The smallest absolute Gasteiger partial charge is 0.300 e. The van der Waals surface area contributed by atoms with Crippen molar-refractivity contribution < 1.29 is 13.2 Å². The number of alkyl halides is 3. The van der Waals surface area contributed by atoms with Crippen LogP contribution in [0.3, 0.4) is 0 Å². The molecule has 2 unspecified atom stereocenters. The van der Waals surface area contributed by atoms with Crippen LogP contribution in [0.5, 0.6) is 0 Å². The zero-order valence-electron chi connectivity index (χ0n) is 10.9. The van der Waals surface area contributed by atoms with E-state index in [-0.39, 0.29) is 6.54 Å². The minimum absolute atomic E-state index is 0.197. The van der Waals surface area contributed by atoms with Crippen molar-refractivity contribution in [2.75, 3.05) is 32.7 Å². The van der Waals surface area contributed by atoms with Gasteiger partial charge in [-0.15, -0.1) is 0 Å². The zero-order chi connectivity index (χ0) is 13.8. The van der Waals surface area contributed by atoms with E-state index >= 15 is 0 Å². The Bertz CT molecular complexity index is 294. The van der Waals surface area contributed by atoms with E-state index in [1.54, 1.807) is 4.90 Å². The highest BCUT2D eigenvalue weighted by molar-refractivity contribution is 4.93. The number of rotatable bonds is 5. The molecule has 1 saturated heterocycles. The number of hydrogen-bond acceptors (Lipinski definition) is 3. The van der Waals surface area contributed by atoms with Gasteiger partial charge in [0.25, 0.3) is 0 Å². The molecule has 6 heteroatoms. The van der Waals surface area contributed by atoms with Gasteiger partial charge in [-0.2, -0.15) is 18.4 Å². The summed E-state index contributed by atoms with van der Waals surface area (Å²) in [6.45, 7) is 7.02. The molecule has 0 bridgehead atoms. The predicted octanol–water partition coefficient (Wildman–Crippen LogP) is 2.10. The van der Waals surface area contributed by atoms with Crippen LogP contribution in [0, 0.1) is 17.2 Å². The Morgan fingerprint density at radius 3 is 2.44 bits per heavy atom. The molecule has 0 saturated carbocycles. The molecule has 0 N–H and O–H groups in total. The average molecular weight is 263 g/mol. The Morgan fingerprint density at radius 1 is 1.39 bits per heavy atom. The highest BCUT2D eigenvalue weighted by Gasteiger charge is 2.42. The number of halogens is 3. The lowest BCUT2D eigenvalue weighted by Crippen LogP contribution is -2.39. The van der Waals surface area contributed by atoms with E-state index < -0.39 is 12.1 Å². The quantitative estimate of drug-likeness (QED) is 0.761. The van der Waals surface area contributed by atoms with Crippen molar-refractivity contribution in [3.05, 3.63) is 0 Å². The maximum atomic E-state index is 12.5. The van der Waals surface area contributed by atoms with Gasteiger partial charge in [-0.1, -0.05) is 13.8 Å². The maximum Gasteiger partial charge on any atom is 0.405 e. The van der Waals surface area contributed by atoms with Gasteiger partial charge in [0.2, 0.25) is 0 Å². The fourth-order valence-electron chi connectivity index (χ4n) is 2.49. The van der Waals surface area contributed by atoms with Gasteiger partial charge in [-0.05, 0) is 26.1 Å². The minimum atomic E-state index is -4.41. The van der Waals surface area contributed by atoms with Crippen molar-refractivity contribution in [1.29, 1.82) is 5.26 Å². The summed E-state index contributed by atoms with van der Waals surface area (Å²) in [6.07, 6.45) is -3.53. The maximum absolute atomic E-state index is 12.5. The van der Waals surface area contributed by atoms with E-state index in [9.17, 15) is 13.2 Å². The average Bonchev–Trinajstić information content (AvgIpc) is 2.74. The number of nitriles is 1. The summed E-state index contributed by atoms with van der Waals surface area (Å²) in [4.78, 5) is 4.01. The SMILES string of the molecule is CCN(CC)C1CCN(CC(C#N)C(F)(F)F)C1. The summed E-state index contributed by atoms with van der Waals surface area (Å²) in [6, 6.07) is 1.69. The molecule has 0 amide bonds. The van der Waals surface area contributed by atoms with Crippen LogP contribution >= 0.6 is 0 Å². The van der Waals surface area contributed by atoms with E-state index in [4.69, 9.17) is 5.26 Å². The van der Waals surface area contributed by atoms with Crippen molar-refractivity contribution >= 4 is 0 Å². The van der Waals surface area contributed by atoms with Crippen LogP contribution < -0.4 is 0 Å². The van der Waals surface area contributed by atoms with E-state index in [1.165, 1.54) is 6.07 Å². The Balaban J connectivity index is 2.50. The molecule has 0 aromatic rings. The molecule has 3 nitrogen and oxygen atoms in total. The van der Waals surface area contributed by atoms with Crippen LogP contribution in [0.4, 0.5) is 13.2 Å². The summed E-state index contributed by atoms with van der Waals surface area (Å²) in [5.74, 6) is -1.87. The lowest BCUT2D eigenvalue weighted by Gasteiger charge is -2.27. The molecule has 0 radical (unpaired) electrons. The third-order valence-electron chi connectivity index (χ3n) is 3.57. The molecule has 0 aromatic carbocycles. The van der Waals surface area contributed by atoms with Crippen LogP contribution in [0.2, 0.25) is 0 Å². The molecule has 18 heavy (non-hydrogen) atoms. The topological polar surface area (TPSA) is 30.3 Å². The van der Waals surface area contributed by atoms with Gasteiger partial charge in [0.1, 0.15) is 0 Å². The first-order valence-electron chi connectivity index (χ1n) is 6.35. The molecule has 2 atom stereocenters. The van der Waals surface area contributed by atoms with Crippen molar-refractivity contribution in [3.63, 3.8) is 0 Å². The number of nitrogens with zero attached hydrogens (tertiary/aromatic N) is 3. The molecular formula is C12H20F3N3. The Hall–Kier alpha value is -0.800. The summed E-state index contributed by atoms with van der Waals surface area (Å²) < 4.78 is 37.5. The predicted molar refractivity (Wildman–Crippen MR) is 62.9 cm³/mol. The standard InChI is InChI=1S/C12H20F3N3/c1-3-18(4-2)11-5-6-17(9-11)8-10(7-16)12(13,14)15/h10-11H,3-6,8-9H2,1-2H3. The second-order valence-electron chi connectivity index (χ2n) is 4.65. The fraction of sp³-hybridized carbons (Fsp3) is 0.917. The fourth-order valence-corrected chi connectivity index (χ4v) is 2.49. The molecule has 1 aliphatic rings. The molecular weight excluding hydrogens is 243 g/mol. The highest BCUT2D eigenvalue weighted by atomic mass is 19.4. The van der Waals surface area contributed by atoms with Gasteiger partial charge in [-0.25, -0.2) is 0 Å². The summed E-state index contributed by atoms with van der Waals surface area (Å²) in [7, 11) is 0. The normalized spacial score (nSPS) is 23.3. The van der Waals surface area contributed by atoms with Crippen LogP contribution in [-0.2, 0) is 0 Å². The van der Waals surface area contributed by atoms with Crippen LogP contribution in [0.15, 0.2) is 0 Å². The highest BCUT2D eigenvalue weighted by Crippen LogP contribution is 2.28. The number of hydrogen-bond donors (Lipinski definition) is 0. The monoisotopic (exact) mass is 263 g/mol. The molecule has 0 spiro atoms. The molecule has 1 heterocycles. The molecule has 1 aliphatic heterocycles. The van der Waals surface area contributed by atoms with Gasteiger partial charge < -0.3 is 4.90 Å². The summed E-state index contributed by atoms with van der Waals surface area (Å²) in [5.41, 5.74) is 0.